The van der Waals surface area contributed by atoms with Crippen LogP contribution < -0.4 is 10.5 Å². The number of nitrogen functional groups attached to an aromatic ring is 1. The Balaban J connectivity index is 2.51. The van der Waals surface area contributed by atoms with Crippen LogP contribution in [0.5, 0.6) is 5.75 Å². The maximum atomic E-state index is 12.8. The van der Waals surface area contributed by atoms with Crippen LogP contribution in [-0.2, 0) is 6.18 Å². The molecule has 1 heterocycles. The normalized spacial score (nSPS) is 11.6. The summed E-state index contributed by atoms with van der Waals surface area (Å²) in [6, 6.07) is 6.04. The molecule has 18 heavy (non-hydrogen) atoms. The summed E-state index contributed by atoms with van der Waals surface area (Å²) in [5.74, 6) is 0.549. The van der Waals surface area contributed by atoms with Crippen LogP contribution in [0.15, 0.2) is 30.5 Å². The van der Waals surface area contributed by atoms with Gasteiger partial charge in [0.05, 0.1) is 24.7 Å². The lowest BCUT2D eigenvalue weighted by atomic mass is 10.3. The largest absolute Gasteiger partial charge is 0.497 e. The van der Waals surface area contributed by atoms with E-state index in [1.807, 2.05) is 0 Å². The van der Waals surface area contributed by atoms with Gasteiger partial charge in [-0.25, -0.2) is 4.68 Å². The molecule has 0 atom stereocenters. The van der Waals surface area contributed by atoms with E-state index in [0.29, 0.717) is 5.75 Å². The number of nitrogens with two attached hydrogens (primary N) is 1. The summed E-state index contributed by atoms with van der Waals surface area (Å²) in [5.41, 5.74) is 4.17. The summed E-state index contributed by atoms with van der Waals surface area (Å²) in [7, 11) is 1.47. The number of rotatable bonds is 2. The topological polar surface area (TPSA) is 53.1 Å². The van der Waals surface area contributed by atoms with Gasteiger partial charge in [-0.1, -0.05) is 0 Å². The second kappa shape index (κ2) is 4.25. The molecular weight excluding hydrogens is 247 g/mol. The van der Waals surface area contributed by atoms with Gasteiger partial charge in [-0.2, -0.15) is 18.3 Å². The first-order chi connectivity index (χ1) is 8.43. The Morgan fingerprint density at radius 1 is 1.22 bits per heavy atom. The molecule has 0 saturated heterocycles. The molecule has 96 valence electrons. The zero-order valence-corrected chi connectivity index (χ0v) is 9.40. The van der Waals surface area contributed by atoms with Gasteiger partial charge in [0.25, 0.3) is 0 Å². The quantitative estimate of drug-likeness (QED) is 0.899. The molecule has 0 saturated carbocycles. The Labute approximate surface area is 101 Å². The Morgan fingerprint density at radius 3 is 2.33 bits per heavy atom. The van der Waals surface area contributed by atoms with Crippen molar-refractivity contribution in [2.75, 3.05) is 12.8 Å². The van der Waals surface area contributed by atoms with Gasteiger partial charge in [0, 0.05) is 0 Å². The van der Waals surface area contributed by atoms with E-state index < -0.39 is 17.6 Å². The minimum absolute atomic E-state index is 0.264. The summed E-state index contributed by atoms with van der Waals surface area (Å²) < 4.78 is 44.1. The lowest BCUT2D eigenvalue weighted by Crippen LogP contribution is -2.15. The summed E-state index contributed by atoms with van der Waals surface area (Å²) in [6.07, 6.45) is -3.58. The highest BCUT2D eigenvalue weighted by Gasteiger charge is 2.38. The van der Waals surface area contributed by atoms with Gasteiger partial charge in [0.1, 0.15) is 5.75 Å². The molecule has 2 aromatic rings. The van der Waals surface area contributed by atoms with Crippen molar-refractivity contribution in [2.24, 2.45) is 0 Å². The fourth-order valence-electron chi connectivity index (χ4n) is 1.56. The number of aromatic nitrogens is 2. The number of anilines is 1. The number of nitrogens with zero attached hydrogens (tertiary/aromatic N) is 2. The lowest BCUT2D eigenvalue weighted by Gasteiger charge is -2.11. The molecule has 7 heteroatoms. The van der Waals surface area contributed by atoms with Gasteiger partial charge in [-0.3, -0.25) is 0 Å². The number of methoxy groups -OCH3 is 1. The third-order valence-electron chi connectivity index (χ3n) is 2.38. The van der Waals surface area contributed by atoms with E-state index >= 15 is 0 Å². The third-order valence-corrected chi connectivity index (χ3v) is 2.38. The van der Waals surface area contributed by atoms with Crippen molar-refractivity contribution in [2.45, 2.75) is 6.18 Å². The molecule has 1 aromatic heterocycles. The molecule has 0 aliphatic carbocycles. The van der Waals surface area contributed by atoms with Crippen LogP contribution in [-0.4, -0.2) is 16.9 Å². The molecule has 0 radical (unpaired) electrons. The first kappa shape index (κ1) is 12.3. The minimum Gasteiger partial charge on any atom is -0.497 e. The Kier molecular flexibility index (Phi) is 2.90. The summed E-state index contributed by atoms with van der Waals surface area (Å²) in [6.45, 7) is 0. The highest BCUT2D eigenvalue weighted by Crippen LogP contribution is 2.34. The number of alkyl halides is 3. The molecule has 0 aliphatic rings. The monoisotopic (exact) mass is 257 g/mol. The molecule has 0 fully saturated rings. The average molecular weight is 257 g/mol. The van der Waals surface area contributed by atoms with Crippen LogP contribution in [0.4, 0.5) is 18.9 Å². The van der Waals surface area contributed by atoms with E-state index in [1.165, 1.54) is 19.2 Å². The van der Waals surface area contributed by atoms with Crippen molar-refractivity contribution in [3.63, 3.8) is 0 Å². The zero-order valence-electron chi connectivity index (χ0n) is 9.40. The molecule has 1 aromatic carbocycles. The van der Waals surface area contributed by atoms with Crippen LogP contribution in [0.3, 0.4) is 0 Å². The number of halogens is 3. The Hall–Kier alpha value is -2.18. The van der Waals surface area contributed by atoms with Gasteiger partial charge in [-0.15, -0.1) is 0 Å². The molecule has 0 amide bonds. The summed E-state index contributed by atoms with van der Waals surface area (Å²) in [4.78, 5) is 0. The van der Waals surface area contributed by atoms with Crippen LogP contribution in [0.2, 0.25) is 0 Å². The second-order valence-corrected chi connectivity index (χ2v) is 3.56. The van der Waals surface area contributed by atoms with Gasteiger partial charge in [0.15, 0.2) is 5.69 Å². The minimum atomic E-state index is -4.56. The van der Waals surface area contributed by atoms with Crippen molar-refractivity contribution in [1.82, 2.24) is 9.78 Å². The van der Waals surface area contributed by atoms with Gasteiger partial charge < -0.3 is 10.5 Å². The molecule has 2 rings (SSSR count). The van der Waals surface area contributed by atoms with Gasteiger partial charge >= 0.3 is 6.18 Å². The smallest absolute Gasteiger partial charge is 0.435 e. The average Bonchev–Trinajstić information content (AvgIpc) is 2.71. The second-order valence-electron chi connectivity index (χ2n) is 3.56. The van der Waals surface area contributed by atoms with E-state index in [0.717, 1.165) is 10.9 Å². The van der Waals surface area contributed by atoms with Crippen molar-refractivity contribution in [3.05, 3.63) is 36.2 Å². The highest BCUT2D eigenvalue weighted by atomic mass is 19.4. The molecule has 2 N–H and O–H groups in total. The SMILES string of the molecule is COc1ccc(-n2ncc(N)c2C(F)(F)F)cc1. The number of benzene rings is 1. The van der Waals surface area contributed by atoms with E-state index in [4.69, 9.17) is 10.5 Å². The van der Waals surface area contributed by atoms with Crippen molar-refractivity contribution < 1.29 is 17.9 Å². The van der Waals surface area contributed by atoms with E-state index in [-0.39, 0.29) is 5.69 Å². The van der Waals surface area contributed by atoms with Crippen molar-refractivity contribution in [3.8, 4) is 11.4 Å². The Bertz CT molecular complexity index is 546. The van der Waals surface area contributed by atoms with Crippen LogP contribution in [0.1, 0.15) is 5.69 Å². The number of hydrogen-bond donors (Lipinski definition) is 1. The standard InChI is InChI=1S/C11H10F3N3O/c1-18-8-4-2-7(3-5-8)17-10(11(12,13)14)9(15)6-16-17/h2-6H,15H2,1H3. The molecule has 0 spiro atoms. The highest BCUT2D eigenvalue weighted by molar-refractivity contribution is 5.48. The predicted octanol–water partition coefficient (Wildman–Crippen LogP) is 2.48. The molecular formula is C11H10F3N3O. The van der Waals surface area contributed by atoms with Crippen molar-refractivity contribution >= 4 is 5.69 Å². The van der Waals surface area contributed by atoms with E-state index in [1.54, 1.807) is 12.1 Å². The summed E-state index contributed by atoms with van der Waals surface area (Å²) in [5, 5.41) is 3.64. The van der Waals surface area contributed by atoms with Crippen LogP contribution in [0.25, 0.3) is 5.69 Å². The van der Waals surface area contributed by atoms with E-state index in [2.05, 4.69) is 5.10 Å². The number of ether oxygens (including phenoxy) is 1. The van der Waals surface area contributed by atoms with E-state index in [9.17, 15) is 13.2 Å². The molecule has 0 bridgehead atoms. The fourth-order valence-corrected chi connectivity index (χ4v) is 1.56. The summed E-state index contributed by atoms with van der Waals surface area (Å²) >= 11 is 0. The maximum Gasteiger partial charge on any atom is 0.435 e. The molecule has 0 unspecified atom stereocenters. The first-order valence-corrected chi connectivity index (χ1v) is 4.98. The molecule has 0 aliphatic heterocycles. The maximum absolute atomic E-state index is 12.8. The van der Waals surface area contributed by atoms with Crippen LogP contribution >= 0.6 is 0 Å². The number of hydrogen-bond acceptors (Lipinski definition) is 3. The third kappa shape index (κ3) is 2.11. The Morgan fingerprint density at radius 2 is 1.83 bits per heavy atom. The zero-order chi connectivity index (χ0) is 13.3. The lowest BCUT2D eigenvalue weighted by molar-refractivity contribution is -0.142. The van der Waals surface area contributed by atoms with Crippen LogP contribution in [0, 0.1) is 0 Å². The van der Waals surface area contributed by atoms with Gasteiger partial charge in [-0.05, 0) is 24.3 Å². The fraction of sp³-hybridized carbons (Fsp3) is 0.182. The van der Waals surface area contributed by atoms with Crippen molar-refractivity contribution in [1.29, 1.82) is 0 Å². The van der Waals surface area contributed by atoms with Gasteiger partial charge in [0.2, 0.25) is 0 Å². The predicted molar refractivity (Wildman–Crippen MR) is 59.5 cm³/mol. The molecule has 4 nitrogen and oxygen atoms in total. The first-order valence-electron chi connectivity index (χ1n) is 4.98.